The second kappa shape index (κ2) is 9.12. The molecule has 2 heterocycles. The summed E-state index contributed by atoms with van der Waals surface area (Å²) in [5.41, 5.74) is 2.06. The van der Waals surface area contributed by atoms with Crippen molar-refractivity contribution in [2.24, 2.45) is 0 Å². The van der Waals surface area contributed by atoms with E-state index in [4.69, 9.17) is 16.9 Å². The molecule has 0 radical (unpaired) electrons. The van der Waals surface area contributed by atoms with Gasteiger partial charge in [0, 0.05) is 23.2 Å². The maximum absolute atomic E-state index is 13.5. The number of alkyl halides is 2. The number of carbonyl (C=O) groups excluding carboxylic acids is 2. The molecule has 3 rings (SSSR count). The highest BCUT2D eigenvalue weighted by atomic mass is 35.5. The van der Waals surface area contributed by atoms with Gasteiger partial charge in [-0.2, -0.15) is 5.26 Å². The van der Waals surface area contributed by atoms with Crippen molar-refractivity contribution in [2.45, 2.75) is 51.0 Å². The van der Waals surface area contributed by atoms with Crippen LogP contribution in [0.1, 0.15) is 53.8 Å². The first-order valence-electron chi connectivity index (χ1n) is 9.98. The number of amides is 2. The number of benzene rings is 1. The van der Waals surface area contributed by atoms with E-state index in [2.05, 4.69) is 31.1 Å². The number of aromatic nitrogens is 1. The molecule has 2 amide bonds. The van der Waals surface area contributed by atoms with Gasteiger partial charge in [0.1, 0.15) is 11.7 Å². The van der Waals surface area contributed by atoms with Crippen molar-refractivity contribution in [3.63, 3.8) is 0 Å². The Bertz CT molecular complexity index is 1070. The summed E-state index contributed by atoms with van der Waals surface area (Å²) in [6.07, 6.45) is -0.176. The molecule has 1 aromatic heterocycles. The summed E-state index contributed by atoms with van der Waals surface area (Å²) in [5, 5.41) is 14.4. The maximum Gasteiger partial charge on any atom is 0.271 e. The third-order valence-corrected chi connectivity index (χ3v) is 6.30. The highest BCUT2D eigenvalue weighted by molar-refractivity contribution is 7.09. The van der Waals surface area contributed by atoms with Gasteiger partial charge in [-0.25, -0.2) is 13.8 Å². The highest BCUT2D eigenvalue weighted by Gasteiger charge is 2.47. The minimum absolute atomic E-state index is 0.114. The van der Waals surface area contributed by atoms with Crippen LogP contribution in [-0.4, -0.2) is 46.8 Å². The summed E-state index contributed by atoms with van der Waals surface area (Å²) in [7, 11) is 0. The number of nitriles is 1. The predicted octanol–water partition coefficient (Wildman–Crippen LogP) is 4.17. The van der Waals surface area contributed by atoms with Gasteiger partial charge in [0.25, 0.3) is 11.8 Å². The Labute approximate surface area is 194 Å². The number of nitrogens with zero attached hydrogens (tertiary/aromatic N) is 3. The summed E-state index contributed by atoms with van der Waals surface area (Å²) < 4.78 is 27.0. The SMILES string of the molecule is CC(C)(C)c1cc(Cc2nc(C(=O)NCC(=O)N3CC(F)(F)C[C@H]3C#N)cs2)ccc1Cl. The Hall–Kier alpha value is -2.57. The number of halogens is 3. The van der Waals surface area contributed by atoms with Crippen molar-refractivity contribution >= 4 is 34.8 Å². The molecular weight excluding hydrogens is 458 g/mol. The molecule has 1 saturated heterocycles. The predicted molar refractivity (Wildman–Crippen MR) is 118 cm³/mol. The molecular formula is C22H23ClF2N4O2S. The van der Waals surface area contributed by atoms with Gasteiger partial charge in [0.05, 0.1) is 24.2 Å². The topological polar surface area (TPSA) is 86.1 Å². The highest BCUT2D eigenvalue weighted by Crippen LogP contribution is 2.32. The third kappa shape index (κ3) is 5.61. The van der Waals surface area contributed by atoms with Gasteiger partial charge in [0.2, 0.25) is 5.91 Å². The van der Waals surface area contributed by atoms with Gasteiger partial charge in [-0.15, -0.1) is 11.3 Å². The quantitative estimate of drug-likeness (QED) is 0.695. The first-order chi connectivity index (χ1) is 14.9. The molecule has 1 aromatic carbocycles. The Morgan fingerprint density at radius 3 is 2.78 bits per heavy atom. The molecule has 10 heteroatoms. The number of hydrogen-bond donors (Lipinski definition) is 1. The molecule has 1 aliphatic heterocycles. The maximum atomic E-state index is 13.5. The summed E-state index contributed by atoms with van der Waals surface area (Å²) in [6.45, 7) is 4.93. The van der Waals surface area contributed by atoms with Gasteiger partial charge in [0.15, 0.2) is 0 Å². The Kier molecular flexibility index (Phi) is 6.86. The lowest BCUT2D eigenvalue weighted by atomic mass is 9.86. The van der Waals surface area contributed by atoms with Gasteiger partial charge in [-0.1, -0.05) is 44.5 Å². The zero-order valence-electron chi connectivity index (χ0n) is 17.9. The average Bonchev–Trinajstić information content (AvgIpc) is 3.30. The van der Waals surface area contributed by atoms with Gasteiger partial charge < -0.3 is 10.2 Å². The molecule has 1 N–H and O–H groups in total. The van der Waals surface area contributed by atoms with E-state index in [1.165, 1.54) is 11.3 Å². The minimum Gasteiger partial charge on any atom is -0.342 e. The number of hydrogen-bond acceptors (Lipinski definition) is 5. The zero-order valence-corrected chi connectivity index (χ0v) is 19.5. The van der Waals surface area contributed by atoms with E-state index >= 15 is 0 Å². The van der Waals surface area contributed by atoms with Gasteiger partial charge >= 0.3 is 0 Å². The van der Waals surface area contributed by atoms with E-state index in [-0.39, 0.29) is 11.1 Å². The van der Waals surface area contributed by atoms with E-state index in [1.807, 2.05) is 18.2 Å². The van der Waals surface area contributed by atoms with Crippen LogP contribution >= 0.6 is 22.9 Å². The number of likely N-dealkylation sites (tertiary alicyclic amines) is 1. The fourth-order valence-electron chi connectivity index (χ4n) is 3.47. The van der Waals surface area contributed by atoms with Crippen LogP contribution in [0.4, 0.5) is 8.78 Å². The van der Waals surface area contributed by atoms with Crippen molar-refractivity contribution < 1.29 is 18.4 Å². The molecule has 170 valence electrons. The van der Waals surface area contributed by atoms with Crippen LogP contribution in [0.2, 0.25) is 5.02 Å². The molecule has 1 atom stereocenters. The number of carbonyl (C=O) groups is 2. The zero-order chi connectivity index (χ0) is 23.7. The van der Waals surface area contributed by atoms with Crippen LogP contribution < -0.4 is 5.32 Å². The lowest BCUT2D eigenvalue weighted by Gasteiger charge is -2.21. The molecule has 2 aromatic rings. The number of nitrogens with one attached hydrogen (secondary N) is 1. The molecule has 1 fully saturated rings. The van der Waals surface area contributed by atoms with E-state index in [0.717, 1.165) is 16.0 Å². The lowest BCUT2D eigenvalue weighted by Crippen LogP contribution is -2.43. The molecule has 1 aliphatic rings. The fraction of sp³-hybridized carbons (Fsp3) is 0.455. The molecule has 0 aliphatic carbocycles. The lowest BCUT2D eigenvalue weighted by molar-refractivity contribution is -0.131. The van der Waals surface area contributed by atoms with Crippen LogP contribution in [0.5, 0.6) is 0 Å². The Morgan fingerprint density at radius 1 is 1.41 bits per heavy atom. The van der Waals surface area contributed by atoms with Crippen LogP contribution in [0.3, 0.4) is 0 Å². The third-order valence-electron chi connectivity index (χ3n) is 5.12. The van der Waals surface area contributed by atoms with Crippen LogP contribution in [0.25, 0.3) is 0 Å². The Balaban J connectivity index is 1.61. The van der Waals surface area contributed by atoms with Crippen LogP contribution in [-0.2, 0) is 16.6 Å². The van der Waals surface area contributed by atoms with Gasteiger partial charge in [-0.05, 0) is 22.6 Å². The van der Waals surface area contributed by atoms with E-state index in [9.17, 15) is 18.4 Å². The second-order valence-electron chi connectivity index (χ2n) is 8.78. The minimum atomic E-state index is -3.10. The molecule has 32 heavy (non-hydrogen) atoms. The largest absolute Gasteiger partial charge is 0.342 e. The summed E-state index contributed by atoms with van der Waals surface area (Å²) >= 11 is 7.63. The first kappa shape index (κ1) is 24.1. The monoisotopic (exact) mass is 480 g/mol. The normalized spacial score (nSPS) is 17.8. The van der Waals surface area contributed by atoms with Crippen LogP contribution in [0, 0.1) is 11.3 Å². The number of thiazole rings is 1. The van der Waals surface area contributed by atoms with Crippen molar-refractivity contribution in [1.82, 2.24) is 15.2 Å². The first-order valence-corrected chi connectivity index (χ1v) is 11.2. The summed E-state index contributed by atoms with van der Waals surface area (Å²) in [4.78, 5) is 29.7. The Morgan fingerprint density at radius 2 is 2.12 bits per heavy atom. The van der Waals surface area contributed by atoms with Crippen molar-refractivity contribution in [2.75, 3.05) is 13.1 Å². The summed E-state index contributed by atoms with van der Waals surface area (Å²) in [5.74, 6) is -4.40. The molecule has 0 spiro atoms. The molecule has 0 unspecified atom stereocenters. The van der Waals surface area contributed by atoms with E-state index in [0.29, 0.717) is 16.5 Å². The van der Waals surface area contributed by atoms with Crippen LogP contribution in [0.15, 0.2) is 23.6 Å². The number of rotatable bonds is 5. The van der Waals surface area contributed by atoms with Gasteiger partial charge in [-0.3, -0.25) is 9.59 Å². The molecule has 6 nitrogen and oxygen atoms in total. The smallest absolute Gasteiger partial charge is 0.271 e. The van der Waals surface area contributed by atoms with Crippen molar-refractivity contribution in [3.8, 4) is 6.07 Å². The fourth-order valence-corrected chi connectivity index (χ4v) is 4.68. The summed E-state index contributed by atoms with van der Waals surface area (Å²) in [6, 6.07) is 6.30. The molecule has 0 saturated carbocycles. The average molecular weight is 481 g/mol. The standard InChI is InChI=1S/C22H23ClF2N4O2S/c1-21(2,3)15-6-13(4-5-16(15)23)7-18-28-17(11-32-18)20(31)27-10-19(30)29-12-22(24,25)8-14(29)9-26/h4-6,11,14H,7-8,10,12H2,1-3H3,(H,27,31)/t14-/m0/s1. The van der Waals surface area contributed by atoms with Crippen molar-refractivity contribution in [3.05, 3.63) is 50.4 Å². The van der Waals surface area contributed by atoms with E-state index in [1.54, 1.807) is 11.4 Å². The second-order valence-corrected chi connectivity index (χ2v) is 10.1. The van der Waals surface area contributed by atoms with Crippen molar-refractivity contribution in [1.29, 1.82) is 5.26 Å². The van der Waals surface area contributed by atoms with E-state index < -0.39 is 43.3 Å². The molecule has 0 bridgehead atoms.